The van der Waals surface area contributed by atoms with Crippen LogP contribution in [0.3, 0.4) is 0 Å². The molecule has 2 rings (SSSR count). The predicted molar refractivity (Wildman–Crippen MR) is 88.9 cm³/mol. The molecule has 0 bridgehead atoms. The second-order valence-electron chi connectivity index (χ2n) is 4.84. The Hall–Kier alpha value is -1.69. The molecule has 0 amide bonds. The third kappa shape index (κ3) is 4.14. The smallest absolute Gasteiger partial charge is 0.101 e. The third-order valence-electron chi connectivity index (χ3n) is 3.28. The van der Waals surface area contributed by atoms with Crippen molar-refractivity contribution in [1.82, 2.24) is 0 Å². The molecule has 2 aromatic rings. The zero-order chi connectivity index (χ0) is 15.2. The number of nitriles is 1. The summed E-state index contributed by atoms with van der Waals surface area (Å²) in [5.41, 5.74) is 2.55. The van der Waals surface area contributed by atoms with Gasteiger partial charge in [0.05, 0.1) is 16.6 Å². The van der Waals surface area contributed by atoms with Crippen molar-refractivity contribution in [3.63, 3.8) is 0 Å². The Balaban J connectivity index is 2.24. The Labute approximate surface area is 135 Å². The summed E-state index contributed by atoms with van der Waals surface area (Å²) in [7, 11) is 0. The molecule has 2 nitrogen and oxygen atoms in total. The lowest BCUT2D eigenvalue weighted by Gasteiger charge is -2.20. The highest BCUT2D eigenvalue weighted by Gasteiger charge is 2.11. The van der Waals surface area contributed by atoms with Crippen LogP contribution in [0.4, 0.5) is 5.69 Å². The molecule has 2 aromatic carbocycles. The van der Waals surface area contributed by atoms with Gasteiger partial charge in [0.15, 0.2) is 0 Å². The highest BCUT2D eigenvalue weighted by molar-refractivity contribution is 6.31. The molecule has 0 aliphatic heterocycles. The fourth-order valence-corrected chi connectivity index (χ4v) is 2.49. The lowest BCUT2D eigenvalue weighted by atomic mass is 10.0. The molecule has 0 fully saturated rings. The Morgan fingerprint density at radius 2 is 1.86 bits per heavy atom. The highest BCUT2D eigenvalue weighted by atomic mass is 35.5. The maximum absolute atomic E-state index is 9.05. The van der Waals surface area contributed by atoms with Gasteiger partial charge in [-0.15, -0.1) is 0 Å². The first-order chi connectivity index (χ1) is 10.1. The molecule has 1 N–H and O–H groups in total. The molecule has 0 saturated heterocycles. The van der Waals surface area contributed by atoms with Gasteiger partial charge in [0.1, 0.15) is 6.07 Å². The summed E-state index contributed by atoms with van der Waals surface area (Å²) in [6.07, 6.45) is 2.05. The van der Waals surface area contributed by atoms with Crippen LogP contribution in [-0.2, 0) is 0 Å². The predicted octanol–water partition coefficient (Wildman–Crippen LogP) is 5.82. The van der Waals surface area contributed by atoms with Crippen LogP contribution in [0.1, 0.15) is 36.9 Å². The quantitative estimate of drug-likeness (QED) is 0.754. The molecule has 0 aliphatic rings. The topological polar surface area (TPSA) is 35.8 Å². The van der Waals surface area contributed by atoms with E-state index >= 15 is 0 Å². The van der Waals surface area contributed by atoms with E-state index in [0.717, 1.165) is 23.6 Å². The van der Waals surface area contributed by atoms with Gasteiger partial charge in [0, 0.05) is 10.7 Å². The largest absolute Gasteiger partial charge is 0.378 e. The fourth-order valence-electron chi connectivity index (χ4n) is 2.21. The van der Waals surface area contributed by atoms with Crippen molar-refractivity contribution in [2.45, 2.75) is 25.8 Å². The van der Waals surface area contributed by atoms with Gasteiger partial charge in [0.25, 0.3) is 0 Å². The van der Waals surface area contributed by atoms with E-state index in [-0.39, 0.29) is 6.04 Å². The van der Waals surface area contributed by atoms with Gasteiger partial charge in [-0.3, -0.25) is 0 Å². The number of halogens is 2. The van der Waals surface area contributed by atoms with E-state index in [0.29, 0.717) is 10.6 Å². The molecule has 1 atom stereocenters. The average Bonchev–Trinajstić information content (AvgIpc) is 2.49. The van der Waals surface area contributed by atoms with E-state index < -0.39 is 0 Å². The minimum Gasteiger partial charge on any atom is -0.378 e. The molecule has 4 heteroatoms. The molecule has 0 aromatic heterocycles. The number of hydrogen-bond donors (Lipinski definition) is 1. The van der Waals surface area contributed by atoms with Crippen molar-refractivity contribution in [2.75, 3.05) is 5.32 Å². The van der Waals surface area contributed by atoms with Crippen LogP contribution in [0.2, 0.25) is 10.0 Å². The number of benzene rings is 2. The third-order valence-corrected chi connectivity index (χ3v) is 3.86. The second-order valence-corrected chi connectivity index (χ2v) is 5.69. The van der Waals surface area contributed by atoms with Crippen molar-refractivity contribution in [3.05, 3.63) is 63.6 Å². The van der Waals surface area contributed by atoms with Gasteiger partial charge in [-0.25, -0.2) is 0 Å². The van der Waals surface area contributed by atoms with E-state index in [1.807, 2.05) is 30.3 Å². The van der Waals surface area contributed by atoms with E-state index in [1.165, 1.54) is 5.56 Å². The van der Waals surface area contributed by atoms with Crippen molar-refractivity contribution in [2.24, 2.45) is 0 Å². The zero-order valence-electron chi connectivity index (χ0n) is 11.7. The van der Waals surface area contributed by atoms with Crippen LogP contribution in [-0.4, -0.2) is 0 Å². The van der Waals surface area contributed by atoms with Crippen LogP contribution in [0.15, 0.2) is 42.5 Å². The lowest BCUT2D eigenvalue weighted by Crippen LogP contribution is -2.10. The van der Waals surface area contributed by atoms with Crippen molar-refractivity contribution in [1.29, 1.82) is 5.26 Å². The summed E-state index contributed by atoms with van der Waals surface area (Å²) >= 11 is 11.9. The maximum Gasteiger partial charge on any atom is 0.101 e. The Kier molecular flexibility index (Phi) is 5.50. The normalized spacial score (nSPS) is 11.7. The number of nitrogens with zero attached hydrogens (tertiary/aromatic N) is 1. The first kappa shape index (κ1) is 15.7. The number of hydrogen-bond acceptors (Lipinski definition) is 2. The first-order valence-electron chi connectivity index (χ1n) is 6.85. The number of rotatable bonds is 5. The molecule has 0 aliphatic carbocycles. The minimum absolute atomic E-state index is 0.181. The van der Waals surface area contributed by atoms with Gasteiger partial charge in [-0.1, -0.05) is 48.7 Å². The Morgan fingerprint density at radius 3 is 2.48 bits per heavy atom. The molecule has 108 valence electrons. The molecule has 0 heterocycles. The standard InChI is InChI=1S/C17H16Cl2N2/c1-2-3-17(12-4-6-14(18)7-5-12)21-15-8-9-16(19)13(10-15)11-20/h4-10,17,21H,2-3H2,1H3. The van der Waals surface area contributed by atoms with Crippen LogP contribution in [0.25, 0.3) is 0 Å². The van der Waals surface area contributed by atoms with Gasteiger partial charge in [-0.05, 0) is 42.3 Å². The molecule has 21 heavy (non-hydrogen) atoms. The molecule has 1 unspecified atom stereocenters. The SMILES string of the molecule is CCCC(Nc1ccc(Cl)c(C#N)c1)c1ccc(Cl)cc1. The van der Waals surface area contributed by atoms with Crippen LogP contribution < -0.4 is 5.32 Å². The highest BCUT2D eigenvalue weighted by Crippen LogP contribution is 2.27. The summed E-state index contributed by atoms with van der Waals surface area (Å²) in [6, 6.07) is 15.5. The van der Waals surface area contributed by atoms with E-state index in [1.54, 1.807) is 12.1 Å². The maximum atomic E-state index is 9.05. The van der Waals surface area contributed by atoms with Gasteiger partial charge < -0.3 is 5.32 Å². The minimum atomic E-state index is 0.181. The molecule has 0 saturated carbocycles. The summed E-state index contributed by atoms with van der Waals surface area (Å²) in [5, 5.41) is 13.7. The summed E-state index contributed by atoms with van der Waals surface area (Å²) < 4.78 is 0. The van der Waals surface area contributed by atoms with Crippen LogP contribution in [0.5, 0.6) is 0 Å². The molecule has 0 radical (unpaired) electrons. The Bertz CT molecular complexity index is 645. The van der Waals surface area contributed by atoms with Crippen molar-refractivity contribution in [3.8, 4) is 6.07 Å². The van der Waals surface area contributed by atoms with E-state index in [4.69, 9.17) is 28.5 Å². The zero-order valence-corrected chi connectivity index (χ0v) is 13.2. The second kappa shape index (κ2) is 7.36. The Morgan fingerprint density at radius 1 is 1.14 bits per heavy atom. The van der Waals surface area contributed by atoms with E-state index in [9.17, 15) is 0 Å². The van der Waals surface area contributed by atoms with Crippen molar-refractivity contribution >= 4 is 28.9 Å². The number of nitrogens with one attached hydrogen (secondary N) is 1. The summed E-state index contributed by atoms with van der Waals surface area (Å²) in [5.74, 6) is 0. The van der Waals surface area contributed by atoms with Gasteiger partial charge in [-0.2, -0.15) is 5.26 Å². The average molecular weight is 319 g/mol. The van der Waals surface area contributed by atoms with Crippen LogP contribution in [0, 0.1) is 11.3 Å². The molecule has 0 spiro atoms. The summed E-state index contributed by atoms with van der Waals surface area (Å²) in [6.45, 7) is 2.15. The fraction of sp³-hybridized carbons (Fsp3) is 0.235. The van der Waals surface area contributed by atoms with Gasteiger partial charge >= 0.3 is 0 Å². The number of anilines is 1. The first-order valence-corrected chi connectivity index (χ1v) is 7.61. The molecular weight excluding hydrogens is 303 g/mol. The van der Waals surface area contributed by atoms with Crippen LogP contribution >= 0.6 is 23.2 Å². The van der Waals surface area contributed by atoms with Crippen molar-refractivity contribution < 1.29 is 0 Å². The lowest BCUT2D eigenvalue weighted by molar-refractivity contribution is 0.677. The monoisotopic (exact) mass is 318 g/mol. The molecular formula is C17H16Cl2N2. The van der Waals surface area contributed by atoms with E-state index in [2.05, 4.69) is 18.3 Å². The summed E-state index contributed by atoms with van der Waals surface area (Å²) in [4.78, 5) is 0. The van der Waals surface area contributed by atoms with Gasteiger partial charge in [0.2, 0.25) is 0 Å².